The smallest absolute Gasteiger partial charge is 0.335 e. The van der Waals surface area contributed by atoms with Crippen LogP contribution in [0.4, 0.5) is 0 Å². The van der Waals surface area contributed by atoms with E-state index < -0.39 is 12.1 Å². The van der Waals surface area contributed by atoms with Gasteiger partial charge in [0, 0.05) is 13.0 Å². The molecule has 2 unspecified atom stereocenters. The van der Waals surface area contributed by atoms with Crippen molar-refractivity contribution in [2.75, 3.05) is 20.8 Å². The predicted octanol–water partition coefficient (Wildman–Crippen LogP) is -0.197. The minimum Gasteiger partial charge on any atom is -0.467 e. The average Bonchev–Trinajstić information content (AvgIpc) is 2.02. The van der Waals surface area contributed by atoms with Crippen molar-refractivity contribution >= 4 is 5.97 Å². The quantitative estimate of drug-likeness (QED) is 0.582. The molecule has 0 aliphatic rings. The minimum atomic E-state index is -1.08. The molecule has 4 heteroatoms. The molecule has 0 aromatic carbocycles. The molecule has 2 atom stereocenters. The number of carbonyl (C=O) groups is 1. The maximum atomic E-state index is 10.7. The van der Waals surface area contributed by atoms with Gasteiger partial charge in [0.25, 0.3) is 0 Å². The van der Waals surface area contributed by atoms with Gasteiger partial charge in [-0.15, -0.1) is 0 Å². The van der Waals surface area contributed by atoms with Crippen molar-refractivity contribution in [2.45, 2.75) is 13.0 Å². The van der Waals surface area contributed by atoms with Gasteiger partial charge in [-0.05, 0) is 0 Å². The second kappa shape index (κ2) is 5.09. The molecule has 0 heterocycles. The molecular formula is C7H14O4. The van der Waals surface area contributed by atoms with E-state index in [0.717, 1.165) is 0 Å². The Labute approximate surface area is 66.1 Å². The summed E-state index contributed by atoms with van der Waals surface area (Å²) in [5, 5.41) is 9.16. The molecule has 0 fully saturated rings. The molecule has 0 saturated heterocycles. The second-order valence-corrected chi connectivity index (χ2v) is 2.40. The molecule has 0 saturated carbocycles. The minimum absolute atomic E-state index is 0.229. The van der Waals surface area contributed by atoms with E-state index in [2.05, 4.69) is 4.74 Å². The third kappa shape index (κ3) is 3.34. The zero-order chi connectivity index (χ0) is 8.85. The molecule has 0 radical (unpaired) electrons. The van der Waals surface area contributed by atoms with Crippen LogP contribution in [0, 0.1) is 5.92 Å². The lowest BCUT2D eigenvalue weighted by Crippen LogP contribution is -2.31. The Bertz CT molecular complexity index is 124. The number of hydrogen-bond acceptors (Lipinski definition) is 4. The maximum absolute atomic E-state index is 10.7. The Kier molecular flexibility index (Phi) is 4.81. The number of ether oxygens (including phenoxy) is 2. The summed E-state index contributed by atoms with van der Waals surface area (Å²) in [5.41, 5.74) is 0. The van der Waals surface area contributed by atoms with Crippen LogP contribution in [0.2, 0.25) is 0 Å². The van der Waals surface area contributed by atoms with Crippen molar-refractivity contribution in [3.63, 3.8) is 0 Å². The normalized spacial score (nSPS) is 15.6. The van der Waals surface area contributed by atoms with Gasteiger partial charge in [0.1, 0.15) is 0 Å². The van der Waals surface area contributed by atoms with Gasteiger partial charge in [-0.25, -0.2) is 4.79 Å². The van der Waals surface area contributed by atoms with E-state index in [9.17, 15) is 4.79 Å². The molecule has 0 aromatic rings. The van der Waals surface area contributed by atoms with Gasteiger partial charge >= 0.3 is 5.97 Å². The lowest BCUT2D eigenvalue weighted by molar-refractivity contribution is -0.154. The SMILES string of the molecule is COCC(C)C(O)C(=O)OC. The number of methoxy groups -OCH3 is 2. The number of hydrogen-bond donors (Lipinski definition) is 1. The Hall–Kier alpha value is -0.610. The molecule has 0 rings (SSSR count). The third-order valence-electron chi connectivity index (χ3n) is 1.41. The number of carbonyl (C=O) groups excluding carboxylic acids is 1. The van der Waals surface area contributed by atoms with Crippen LogP contribution >= 0.6 is 0 Å². The highest BCUT2D eigenvalue weighted by Gasteiger charge is 2.22. The molecule has 0 bridgehead atoms. The fourth-order valence-corrected chi connectivity index (χ4v) is 0.707. The van der Waals surface area contributed by atoms with E-state index in [1.165, 1.54) is 14.2 Å². The van der Waals surface area contributed by atoms with Crippen molar-refractivity contribution in [1.82, 2.24) is 0 Å². The first-order valence-electron chi connectivity index (χ1n) is 3.38. The van der Waals surface area contributed by atoms with E-state index in [1.807, 2.05) is 0 Å². The van der Waals surface area contributed by atoms with Crippen LogP contribution in [0.25, 0.3) is 0 Å². The van der Waals surface area contributed by atoms with Gasteiger partial charge < -0.3 is 14.6 Å². The summed E-state index contributed by atoms with van der Waals surface area (Å²) in [5.74, 6) is -0.845. The van der Waals surface area contributed by atoms with Gasteiger partial charge in [0.15, 0.2) is 6.10 Å². The summed E-state index contributed by atoms with van der Waals surface area (Å²) in [6.07, 6.45) is -1.08. The van der Waals surface area contributed by atoms with Crippen LogP contribution in [-0.2, 0) is 14.3 Å². The highest BCUT2D eigenvalue weighted by atomic mass is 16.5. The molecule has 66 valence electrons. The van der Waals surface area contributed by atoms with Crippen LogP contribution in [0.15, 0.2) is 0 Å². The summed E-state index contributed by atoms with van der Waals surface area (Å²) in [4.78, 5) is 10.7. The molecule has 0 aliphatic carbocycles. The van der Waals surface area contributed by atoms with Gasteiger partial charge in [-0.2, -0.15) is 0 Å². The number of rotatable bonds is 4. The lowest BCUT2D eigenvalue weighted by Gasteiger charge is -2.14. The van der Waals surface area contributed by atoms with E-state index >= 15 is 0 Å². The van der Waals surface area contributed by atoms with Crippen molar-refractivity contribution in [1.29, 1.82) is 0 Å². The summed E-state index contributed by atoms with van der Waals surface area (Å²) in [6, 6.07) is 0. The lowest BCUT2D eigenvalue weighted by atomic mass is 10.1. The highest BCUT2D eigenvalue weighted by Crippen LogP contribution is 2.04. The second-order valence-electron chi connectivity index (χ2n) is 2.40. The van der Waals surface area contributed by atoms with Crippen molar-refractivity contribution < 1.29 is 19.4 Å². The standard InChI is InChI=1S/C7H14O4/c1-5(4-10-2)6(8)7(9)11-3/h5-6,8H,4H2,1-3H3. The summed E-state index contributed by atoms with van der Waals surface area (Å²) in [7, 11) is 2.76. The molecule has 0 spiro atoms. The summed E-state index contributed by atoms with van der Waals surface area (Å²) >= 11 is 0. The average molecular weight is 162 g/mol. The fourth-order valence-electron chi connectivity index (χ4n) is 0.707. The predicted molar refractivity (Wildman–Crippen MR) is 39.1 cm³/mol. The molecule has 11 heavy (non-hydrogen) atoms. The summed E-state index contributed by atoms with van der Waals surface area (Å²) < 4.78 is 9.09. The van der Waals surface area contributed by atoms with E-state index in [-0.39, 0.29) is 5.92 Å². The molecule has 0 amide bonds. The first-order valence-corrected chi connectivity index (χ1v) is 3.38. The Morgan fingerprint density at radius 3 is 2.45 bits per heavy atom. The molecule has 1 N–H and O–H groups in total. The van der Waals surface area contributed by atoms with E-state index in [0.29, 0.717) is 6.61 Å². The topological polar surface area (TPSA) is 55.8 Å². The number of aliphatic hydroxyl groups is 1. The largest absolute Gasteiger partial charge is 0.467 e. The van der Waals surface area contributed by atoms with Crippen molar-refractivity contribution in [2.24, 2.45) is 5.92 Å². The zero-order valence-corrected chi connectivity index (χ0v) is 7.03. The molecule has 4 nitrogen and oxygen atoms in total. The third-order valence-corrected chi connectivity index (χ3v) is 1.41. The van der Waals surface area contributed by atoms with E-state index in [1.54, 1.807) is 6.92 Å². The highest BCUT2D eigenvalue weighted by molar-refractivity contribution is 5.74. The van der Waals surface area contributed by atoms with Crippen LogP contribution in [0.3, 0.4) is 0 Å². The van der Waals surface area contributed by atoms with Gasteiger partial charge in [0.05, 0.1) is 13.7 Å². The van der Waals surface area contributed by atoms with Crippen LogP contribution < -0.4 is 0 Å². The molecule has 0 aromatic heterocycles. The maximum Gasteiger partial charge on any atom is 0.335 e. The molecular weight excluding hydrogens is 148 g/mol. The van der Waals surface area contributed by atoms with Crippen LogP contribution in [0.1, 0.15) is 6.92 Å². The number of aliphatic hydroxyl groups excluding tert-OH is 1. The molecule has 0 aliphatic heterocycles. The first-order chi connectivity index (χ1) is 5.13. The van der Waals surface area contributed by atoms with Crippen LogP contribution in [-0.4, -0.2) is 38.0 Å². The Morgan fingerprint density at radius 1 is 1.55 bits per heavy atom. The van der Waals surface area contributed by atoms with Crippen molar-refractivity contribution in [3.05, 3.63) is 0 Å². The first kappa shape index (κ1) is 10.4. The van der Waals surface area contributed by atoms with Crippen molar-refractivity contribution in [3.8, 4) is 0 Å². The zero-order valence-electron chi connectivity index (χ0n) is 7.03. The fraction of sp³-hybridized carbons (Fsp3) is 0.857. The van der Waals surface area contributed by atoms with Gasteiger partial charge in [0.2, 0.25) is 0 Å². The van der Waals surface area contributed by atoms with Gasteiger partial charge in [-0.1, -0.05) is 6.92 Å². The van der Waals surface area contributed by atoms with Crippen LogP contribution in [0.5, 0.6) is 0 Å². The Morgan fingerprint density at radius 2 is 2.09 bits per heavy atom. The van der Waals surface area contributed by atoms with E-state index in [4.69, 9.17) is 9.84 Å². The van der Waals surface area contributed by atoms with Gasteiger partial charge in [-0.3, -0.25) is 0 Å². The monoisotopic (exact) mass is 162 g/mol. The Balaban J connectivity index is 3.80. The number of esters is 1. The summed E-state index contributed by atoms with van der Waals surface area (Å²) in [6.45, 7) is 2.06.